The standard InChI is InChI=1S/C9H10BrNO5/c1-15-6(9(13)14)4-11-8(12)5-2-3-16-7(5)10/h2-3,6H,4H2,1H3,(H,11,12)(H,13,14). The largest absolute Gasteiger partial charge is 0.479 e. The number of ether oxygens (including phenoxy) is 1. The van der Waals surface area contributed by atoms with E-state index in [4.69, 9.17) is 9.52 Å². The van der Waals surface area contributed by atoms with Gasteiger partial charge in [-0.05, 0) is 22.0 Å². The van der Waals surface area contributed by atoms with Gasteiger partial charge in [0, 0.05) is 7.11 Å². The van der Waals surface area contributed by atoms with E-state index in [1.807, 2.05) is 0 Å². The molecule has 1 aromatic heterocycles. The number of carboxylic acids is 1. The van der Waals surface area contributed by atoms with Crippen molar-refractivity contribution in [1.29, 1.82) is 0 Å². The number of rotatable bonds is 5. The highest BCUT2D eigenvalue weighted by molar-refractivity contribution is 9.10. The Balaban J connectivity index is 2.53. The maximum absolute atomic E-state index is 11.5. The average molecular weight is 292 g/mol. The number of carbonyl (C=O) groups excluding carboxylic acids is 1. The number of nitrogens with one attached hydrogen (secondary N) is 1. The topological polar surface area (TPSA) is 88.8 Å². The fourth-order valence-corrected chi connectivity index (χ4v) is 1.43. The lowest BCUT2D eigenvalue weighted by Crippen LogP contribution is -2.37. The van der Waals surface area contributed by atoms with Gasteiger partial charge in [0.25, 0.3) is 5.91 Å². The zero-order chi connectivity index (χ0) is 12.1. The first-order valence-corrected chi connectivity index (χ1v) is 5.12. The molecule has 6 nitrogen and oxygen atoms in total. The van der Waals surface area contributed by atoms with Crippen LogP contribution in [0.3, 0.4) is 0 Å². The van der Waals surface area contributed by atoms with Crippen molar-refractivity contribution in [3.05, 3.63) is 22.6 Å². The minimum absolute atomic E-state index is 0.109. The summed E-state index contributed by atoms with van der Waals surface area (Å²) in [4.78, 5) is 22.1. The molecule has 0 saturated heterocycles. The third kappa shape index (κ3) is 3.07. The van der Waals surface area contributed by atoms with Crippen molar-refractivity contribution in [2.75, 3.05) is 13.7 Å². The lowest BCUT2D eigenvalue weighted by molar-refractivity contribution is -0.147. The quantitative estimate of drug-likeness (QED) is 0.840. The normalized spacial score (nSPS) is 12.1. The van der Waals surface area contributed by atoms with Crippen LogP contribution in [0.15, 0.2) is 21.4 Å². The number of carboxylic acid groups (broad SMARTS) is 1. The lowest BCUT2D eigenvalue weighted by atomic mass is 10.3. The van der Waals surface area contributed by atoms with E-state index in [2.05, 4.69) is 26.0 Å². The highest BCUT2D eigenvalue weighted by atomic mass is 79.9. The van der Waals surface area contributed by atoms with Crippen LogP contribution in [-0.4, -0.2) is 36.7 Å². The molecule has 88 valence electrons. The Morgan fingerprint density at radius 1 is 1.69 bits per heavy atom. The van der Waals surface area contributed by atoms with Gasteiger partial charge in [-0.2, -0.15) is 0 Å². The van der Waals surface area contributed by atoms with Crippen LogP contribution in [0.25, 0.3) is 0 Å². The van der Waals surface area contributed by atoms with Crippen LogP contribution >= 0.6 is 15.9 Å². The molecule has 0 bridgehead atoms. The number of hydrogen-bond acceptors (Lipinski definition) is 4. The first kappa shape index (κ1) is 12.7. The summed E-state index contributed by atoms with van der Waals surface area (Å²) in [6.45, 7) is -0.109. The molecular weight excluding hydrogens is 282 g/mol. The third-order valence-electron chi connectivity index (χ3n) is 1.87. The van der Waals surface area contributed by atoms with Gasteiger partial charge in [0.05, 0.1) is 18.4 Å². The number of furan rings is 1. The van der Waals surface area contributed by atoms with Crippen LogP contribution in [0, 0.1) is 0 Å². The van der Waals surface area contributed by atoms with E-state index in [9.17, 15) is 9.59 Å². The lowest BCUT2D eigenvalue weighted by Gasteiger charge is -2.10. The van der Waals surface area contributed by atoms with Crippen molar-refractivity contribution >= 4 is 27.8 Å². The molecule has 0 radical (unpaired) electrons. The van der Waals surface area contributed by atoms with Crippen molar-refractivity contribution in [2.24, 2.45) is 0 Å². The molecule has 0 fully saturated rings. The first-order chi connectivity index (χ1) is 7.56. The number of methoxy groups -OCH3 is 1. The molecule has 1 aromatic rings. The molecule has 1 unspecified atom stereocenters. The van der Waals surface area contributed by atoms with Gasteiger partial charge >= 0.3 is 5.97 Å². The van der Waals surface area contributed by atoms with Gasteiger partial charge in [0.2, 0.25) is 0 Å². The third-order valence-corrected chi connectivity index (χ3v) is 2.48. The Hall–Kier alpha value is -1.34. The van der Waals surface area contributed by atoms with Gasteiger partial charge in [-0.25, -0.2) is 4.79 Å². The van der Waals surface area contributed by atoms with Crippen LogP contribution < -0.4 is 5.32 Å². The number of amides is 1. The number of halogens is 1. The van der Waals surface area contributed by atoms with E-state index in [1.165, 1.54) is 19.4 Å². The SMILES string of the molecule is COC(CNC(=O)c1ccoc1Br)C(=O)O. The van der Waals surface area contributed by atoms with E-state index in [0.717, 1.165) is 0 Å². The maximum atomic E-state index is 11.5. The van der Waals surface area contributed by atoms with Crippen molar-refractivity contribution in [3.8, 4) is 0 Å². The fourth-order valence-electron chi connectivity index (χ4n) is 1.01. The smallest absolute Gasteiger partial charge is 0.334 e. The van der Waals surface area contributed by atoms with E-state index >= 15 is 0 Å². The summed E-state index contributed by atoms with van der Waals surface area (Å²) in [6, 6.07) is 1.47. The summed E-state index contributed by atoms with van der Waals surface area (Å²) in [6.07, 6.45) is 0.291. The van der Waals surface area contributed by atoms with Crippen LogP contribution in [0.4, 0.5) is 0 Å². The molecule has 7 heteroatoms. The molecule has 0 aromatic carbocycles. The molecule has 1 rings (SSSR count). The van der Waals surface area contributed by atoms with Crippen molar-refractivity contribution in [2.45, 2.75) is 6.10 Å². The fraction of sp³-hybridized carbons (Fsp3) is 0.333. The van der Waals surface area contributed by atoms with Crippen molar-refractivity contribution in [3.63, 3.8) is 0 Å². The number of carbonyl (C=O) groups is 2. The second kappa shape index (κ2) is 5.66. The van der Waals surface area contributed by atoms with Gasteiger partial charge in [-0.1, -0.05) is 0 Å². The monoisotopic (exact) mass is 291 g/mol. The first-order valence-electron chi connectivity index (χ1n) is 4.33. The highest BCUT2D eigenvalue weighted by Gasteiger charge is 2.19. The van der Waals surface area contributed by atoms with E-state index in [1.54, 1.807) is 0 Å². The zero-order valence-corrected chi connectivity index (χ0v) is 9.98. The van der Waals surface area contributed by atoms with E-state index in [0.29, 0.717) is 10.2 Å². The number of aliphatic carboxylic acids is 1. The van der Waals surface area contributed by atoms with E-state index in [-0.39, 0.29) is 6.54 Å². The zero-order valence-electron chi connectivity index (χ0n) is 8.40. The predicted octanol–water partition coefficient (Wildman–Crippen LogP) is 0.871. The minimum Gasteiger partial charge on any atom is -0.479 e. The van der Waals surface area contributed by atoms with Gasteiger partial charge in [-0.3, -0.25) is 4.79 Å². The van der Waals surface area contributed by atoms with Crippen LogP contribution in [0.5, 0.6) is 0 Å². The summed E-state index contributed by atoms with van der Waals surface area (Å²) >= 11 is 3.04. The second-order valence-electron chi connectivity index (χ2n) is 2.88. The molecule has 0 aliphatic carbocycles. The van der Waals surface area contributed by atoms with E-state index < -0.39 is 18.0 Å². The Bertz CT molecular complexity index is 389. The second-order valence-corrected chi connectivity index (χ2v) is 3.60. The summed E-state index contributed by atoms with van der Waals surface area (Å²) in [7, 11) is 1.26. The predicted molar refractivity (Wildman–Crippen MR) is 57.2 cm³/mol. The average Bonchev–Trinajstić information content (AvgIpc) is 2.64. The Morgan fingerprint density at radius 2 is 2.38 bits per heavy atom. The van der Waals surface area contributed by atoms with Crippen molar-refractivity contribution < 1.29 is 23.8 Å². The summed E-state index contributed by atoms with van der Waals surface area (Å²) < 4.78 is 9.84. The maximum Gasteiger partial charge on any atom is 0.334 e. The van der Waals surface area contributed by atoms with Crippen LogP contribution in [-0.2, 0) is 9.53 Å². The molecule has 0 spiro atoms. The molecule has 1 amide bonds. The summed E-state index contributed by atoms with van der Waals surface area (Å²) in [5.41, 5.74) is 0.306. The van der Waals surface area contributed by atoms with Crippen molar-refractivity contribution in [1.82, 2.24) is 5.32 Å². The Morgan fingerprint density at radius 3 is 2.81 bits per heavy atom. The molecule has 0 saturated carbocycles. The molecular formula is C9H10BrNO5. The van der Waals surface area contributed by atoms with Crippen LogP contribution in [0.2, 0.25) is 0 Å². The van der Waals surface area contributed by atoms with Gasteiger partial charge in [0.1, 0.15) is 0 Å². The molecule has 0 aliphatic rings. The Kier molecular flexibility index (Phi) is 4.51. The Labute approximate surface area is 99.7 Å². The minimum atomic E-state index is -1.13. The van der Waals surface area contributed by atoms with Gasteiger partial charge in [0.15, 0.2) is 10.8 Å². The van der Waals surface area contributed by atoms with Gasteiger partial charge in [-0.15, -0.1) is 0 Å². The molecule has 0 aliphatic heterocycles. The molecule has 1 heterocycles. The van der Waals surface area contributed by atoms with Gasteiger partial charge < -0.3 is 19.6 Å². The molecule has 1 atom stereocenters. The molecule has 16 heavy (non-hydrogen) atoms. The highest BCUT2D eigenvalue weighted by Crippen LogP contribution is 2.16. The summed E-state index contributed by atoms with van der Waals surface area (Å²) in [5.74, 6) is -1.56. The number of hydrogen-bond donors (Lipinski definition) is 2. The summed E-state index contributed by atoms with van der Waals surface area (Å²) in [5, 5.41) is 11.1. The van der Waals surface area contributed by atoms with Crippen LogP contribution in [0.1, 0.15) is 10.4 Å². The molecule has 2 N–H and O–H groups in total.